The number of hydrogen-bond donors (Lipinski definition) is 1. The molecule has 2 aromatic rings. The third-order valence-electron chi connectivity index (χ3n) is 4.50. The first-order valence-corrected chi connectivity index (χ1v) is 9.23. The maximum atomic E-state index is 12.1. The number of fused-ring (bicyclic) bond motifs is 3. The Morgan fingerprint density at radius 3 is 3.05 bits per heavy atom. The van der Waals surface area contributed by atoms with E-state index in [0.29, 0.717) is 23.6 Å². The second kappa shape index (κ2) is 5.50. The molecular weight excluding hydrogens is 298 g/mol. The fourth-order valence-electron chi connectivity index (χ4n) is 3.47. The van der Waals surface area contributed by atoms with Crippen molar-refractivity contribution in [1.82, 2.24) is 5.32 Å². The van der Waals surface area contributed by atoms with Gasteiger partial charge >= 0.3 is 0 Å². The fraction of sp³-hybridized carbons (Fsp3) is 0.353. The Morgan fingerprint density at radius 2 is 2.19 bits per heavy atom. The van der Waals surface area contributed by atoms with E-state index in [0.717, 1.165) is 6.42 Å². The fourth-order valence-corrected chi connectivity index (χ4v) is 5.07. The lowest BCUT2D eigenvalue weighted by Crippen LogP contribution is -2.29. The molecule has 1 aromatic carbocycles. The molecule has 2 nitrogen and oxygen atoms in total. The van der Waals surface area contributed by atoms with Crippen molar-refractivity contribution in [3.63, 3.8) is 0 Å². The summed E-state index contributed by atoms with van der Waals surface area (Å²) in [5.41, 5.74) is 2.94. The van der Waals surface area contributed by atoms with Gasteiger partial charge in [-0.05, 0) is 41.3 Å². The minimum Gasteiger partial charge on any atom is -0.352 e. The Morgan fingerprint density at radius 1 is 1.29 bits per heavy atom. The summed E-state index contributed by atoms with van der Waals surface area (Å²) in [5, 5.41) is 5.29. The van der Waals surface area contributed by atoms with Crippen LogP contribution in [0.2, 0.25) is 0 Å². The molecule has 2 aliphatic rings. The van der Waals surface area contributed by atoms with Gasteiger partial charge in [0.2, 0.25) is 5.91 Å². The average Bonchev–Trinajstić information content (AvgIpc) is 2.96. The quantitative estimate of drug-likeness (QED) is 0.872. The van der Waals surface area contributed by atoms with Gasteiger partial charge in [0.25, 0.3) is 0 Å². The van der Waals surface area contributed by atoms with Crippen molar-refractivity contribution in [2.24, 2.45) is 5.92 Å². The Labute approximate surface area is 133 Å². The number of carbonyl (C=O) groups is 1. The van der Waals surface area contributed by atoms with Gasteiger partial charge in [0.05, 0.1) is 9.96 Å². The summed E-state index contributed by atoms with van der Waals surface area (Å²) in [6.07, 6.45) is 2.37. The zero-order chi connectivity index (χ0) is 14.2. The SMILES string of the molecule is O=C(CSc1cccs1)NC1C2CCc3ccccc3C21. The molecule has 1 N–H and O–H groups in total. The van der Waals surface area contributed by atoms with E-state index < -0.39 is 0 Å². The summed E-state index contributed by atoms with van der Waals surface area (Å²) >= 11 is 3.32. The van der Waals surface area contributed by atoms with Crippen molar-refractivity contribution >= 4 is 29.0 Å². The second-order valence-electron chi connectivity index (χ2n) is 5.74. The van der Waals surface area contributed by atoms with Crippen LogP contribution in [0.25, 0.3) is 0 Å². The molecule has 0 saturated heterocycles. The van der Waals surface area contributed by atoms with Gasteiger partial charge in [-0.3, -0.25) is 4.79 Å². The molecule has 4 heteroatoms. The molecule has 0 aliphatic heterocycles. The summed E-state index contributed by atoms with van der Waals surface area (Å²) in [6, 6.07) is 13.2. The van der Waals surface area contributed by atoms with Crippen LogP contribution in [0.4, 0.5) is 0 Å². The number of hydrogen-bond acceptors (Lipinski definition) is 3. The molecule has 1 aromatic heterocycles. The largest absolute Gasteiger partial charge is 0.352 e. The normalized spacial score (nSPS) is 25.8. The molecule has 3 atom stereocenters. The first kappa shape index (κ1) is 13.4. The molecule has 0 bridgehead atoms. The number of thiophene rings is 1. The topological polar surface area (TPSA) is 29.1 Å². The lowest BCUT2D eigenvalue weighted by Gasteiger charge is -2.13. The smallest absolute Gasteiger partial charge is 0.230 e. The van der Waals surface area contributed by atoms with Gasteiger partial charge < -0.3 is 5.32 Å². The number of thioether (sulfide) groups is 1. The van der Waals surface area contributed by atoms with Crippen molar-refractivity contribution in [1.29, 1.82) is 0 Å². The Bertz CT molecular complexity index is 653. The van der Waals surface area contributed by atoms with Crippen LogP contribution in [0.1, 0.15) is 23.5 Å². The number of carbonyl (C=O) groups excluding carboxylic acids is 1. The molecule has 0 spiro atoms. The third-order valence-corrected chi connectivity index (χ3v) is 6.63. The van der Waals surface area contributed by atoms with Crippen molar-refractivity contribution < 1.29 is 4.79 Å². The highest BCUT2D eigenvalue weighted by molar-refractivity contribution is 8.01. The lowest BCUT2D eigenvalue weighted by molar-refractivity contribution is -0.118. The minimum absolute atomic E-state index is 0.172. The number of aryl methyl sites for hydroxylation is 1. The van der Waals surface area contributed by atoms with Crippen LogP contribution in [0.5, 0.6) is 0 Å². The summed E-state index contributed by atoms with van der Waals surface area (Å²) in [6.45, 7) is 0. The van der Waals surface area contributed by atoms with E-state index in [1.54, 1.807) is 23.1 Å². The molecule has 1 amide bonds. The Hall–Kier alpha value is -1.26. The molecular formula is C17H17NOS2. The van der Waals surface area contributed by atoms with Gasteiger partial charge in [-0.25, -0.2) is 0 Å². The minimum atomic E-state index is 0.172. The Balaban J connectivity index is 1.36. The Kier molecular flexibility index (Phi) is 3.51. The van der Waals surface area contributed by atoms with E-state index in [2.05, 4.69) is 35.6 Å². The predicted molar refractivity (Wildman–Crippen MR) is 88.0 cm³/mol. The van der Waals surface area contributed by atoms with Crippen LogP contribution in [-0.4, -0.2) is 17.7 Å². The van der Waals surface area contributed by atoms with Crippen molar-refractivity contribution in [2.45, 2.75) is 29.0 Å². The molecule has 1 fully saturated rings. The number of amides is 1. The highest BCUT2D eigenvalue weighted by Gasteiger charge is 2.53. The van der Waals surface area contributed by atoms with Crippen molar-refractivity contribution in [2.75, 3.05) is 5.75 Å². The maximum absolute atomic E-state index is 12.1. The van der Waals surface area contributed by atoms with E-state index in [-0.39, 0.29) is 5.91 Å². The van der Waals surface area contributed by atoms with Crippen LogP contribution < -0.4 is 5.32 Å². The highest BCUT2D eigenvalue weighted by atomic mass is 32.2. The lowest BCUT2D eigenvalue weighted by atomic mass is 9.92. The summed E-state index contributed by atoms with van der Waals surface area (Å²) in [5.74, 6) is 1.92. The van der Waals surface area contributed by atoms with Crippen LogP contribution >= 0.6 is 23.1 Å². The van der Waals surface area contributed by atoms with Gasteiger partial charge in [0.1, 0.15) is 0 Å². The third kappa shape index (κ3) is 2.62. The molecule has 108 valence electrons. The molecule has 2 aliphatic carbocycles. The molecule has 1 saturated carbocycles. The zero-order valence-electron chi connectivity index (χ0n) is 11.6. The van der Waals surface area contributed by atoms with Gasteiger partial charge in [-0.1, -0.05) is 30.3 Å². The van der Waals surface area contributed by atoms with Crippen LogP contribution in [0, 0.1) is 5.92 Å². The first-order valence-electron chi connectivity index (χ1n) is 7.36. The summed E-state index contributed by atoms with van der Waals surface area (Å²) < 4.78 is 1.21. The monoisotopic (exact) mass is 315 g/mol. The molecule has 0 radical (unpaired) electrons. The van der Waals surface area contributed by atoms with Crippen LogP contribution in [-0.2, 0) is 11.2 Å². The van der Waals surface area contributed by atoms with Crippen LogP contribution in [0.15, 0.2) is 46.0 Å². The first-order chi connectivity index (χ1) is 10.3. The highest BCUT2D eigenvalue weighted by Crippen LogP contribution is 2.54. The van der Waals surface area contributed by atoms with E-state index in [4.69, 9.17) is 0 Å². The van der Waals surface area contributed by atoms with Gasteiger partial charge in [0, 0.05) is 12.0 Å². The number of rotatable bonds is 4. The van der Waals surface area contributed by atoms with Gasteiger partial charge in [-0.2, -0.15) is 0 Å². The summed E-state index contributed by atoms with van der Waals surface area (Å²) in [7, 11) is 0. The van der Waals surface area contributed by atoms with Crippen molar-refractivity contribution in [3.05, 3.63) is 52.9 Å². The molecule has 3 unspecified atom stereocenters. The van der Waals surface area contributed by atoms with Gasteiger partial charge in [-0.15, -0.1) is 23.1 Å². The zero-order valence-corrected chi connectivity index (χ0v) is 13.3. The van der Waals surface area contributed by atoms with Crippen molar-refractivity contribution in [3.8, 4) is 0 Å². The standard InChI is InChI=1S/C17H17NOS2/c19-14(10-21-15-6-3-9-20-15)18-17-13-8-7-11-4-1-2-5-12(11)16(13)17/h1-6,9,13,16-17H,7-8,10H2,(H,18,19). The summed E-state index contributed by atoms with van der Waals surface area (Å²) in [4.78, 5) is 12.1. The number of benzene rings is 1. The molecule has 1 heterocycles. The van der Waals surface area contributed by atoms with Gasteiger partial charge in [0.15, 0.2) is 0 Å². The average molecular weight is 315 g/mol. The van der Waals surface area contributed by atoms with Crippen LogP contribution in [0.3, 0.4) is 0 Å². The predicted octanol–water partition coefficient (Wildman–Crippen LogP) is 3.68. The number of nitrogens with one attached hydrogen (secondary N) is 1. The molecule has 4 rings (SSSR count). The van der Waals surface area contributed by atoms with E-state index in [9.17, 15) is 4.79 Å². The second-order valence-corrected chi connectivity index (χ2v) is 7.96. The maximum Gasteiger partial charge on any atom is 0.230 e. The van der Waals surface area contributed by atoms with E-state index in [1.807, 2.05) is 11.4 Å². The van der Waals surface area contributed by atoms with E-state index >= 15 is 0 Å². The molecule has 21 heavy (non-hydrogen) atoms. The van der Waals surface area contributed by atoms with E-state index in [1.165, 1.54) is 21.8 Å².